The van der Waals surface area contributed by atoms with Gasteiger partial charge in [-0.05, 0) is 48.5 Å². The van der Waals surface area contributed by atoms with Gasteiger partial charge in [0, 0.05) is 41.1 Å². The molecule has 0 saturated heterocycles. The fourth-order valence-corrected chi connectivity index (χ4v) is 3.00. The third-order valence-electron chi connectivity index (χ3n) is 4.46. The minimum Gasteiger partial charge on any atom is -0.406 e. The normalized spacial score (nSPS) is 12.1. The van der Waals surface area contributed by atoms with Crippen molar-refractivity contribution in [1.29, 1.82) is 0 Å². The molecule has 33 heavy (non-hydrogen) atoms. The molecule has 0 aliphatic carbocycles. The molecule has 0 amide bonds. The van der Waals surface area contributed by atoms with Crippen LogP contribution in [0.25, 0.3) is 11.3 Å². The smallest absolute Gasteiger partial charge is 0.406 e. The van der Waals surface area contributed by atoms with Crippen LogP contribution in [0.1, 0.15) is 11.8 Å². The summed E-state index contributed by atoms with van der Waals surface area (Å²) in [5.74, 6) is 0.0208. The van der Waals surface area contributed by atoms with Gasteiger partial charge in [-0.15, -0.1) is 13.2 Å². The van der Waals surface area contributed by atoms with E-state index in [1.807, 2.05) is 12.1 Å². The van der Waals surface area contributed by atoms with Crippen LogP contribution in [0.15, 0.2) is 85.3 Å². The zero-order valence-corrected chi connectivity index (χ0v) is 17.0. The van der Waals surface area contributed by atoms with Crippen LogP contribution in [0.4, 0.5) is 30.5 Å². The van der Waals surface area contributed by atoms with Gasteiger partial charge >= 0.3 is 6.36 Å². The predicted octanol–water partition coefficient (Wildman–Crippen LogP) is 5.28. The number of hydrogen-bond donors (Lipinski definition) is 3. The summed E-state index contributed by atoms with van der Waals surface area (Å²) in [5, 5.41) is 16.4. The molecule has 1 unspecified atom stereocenters. The van der Waals surface area contributed by atoms with E-state index >= 15 is 0 Å². The Morgan fingerprint density at radius 3 is 2.42 bits per heavy atom. The summed E-state index contributed by atoms with van der Waals surface area (Å²) in [5.41, 5.74) is 3.18. The zero-order valence-electron chi connectivity index (χ0n) is 17.0. The Labute approximate surface area is 186 Å². The second-order valence-electron chi connectivity index (χ2n) is 6.88. The molecule has 168 valence electrons. The number of aliphatic hydroxyl groups is 1. The standard InChI is InChI=1S/C23H18F3N5O2/c24-23(25,26)33-19-8-6-15(7-9-19)21(32)29-17-4-1-5-18(13-17)30-22-28-12-10-20(31-22)16-3-2-11-27-14-16/h1-14,21,29,32H,(H,28,30,31). The molecule has 1 atom stereocenters. The molecule has 0 saturated carbocycles. The van der Waals surface area contributed by atoms with Gasteiger partial charge < -0.3 is 20.5 Å². The van der Waals surface area contributed by atoms with Gasteiger partial charge in [-0.25, -0.2) is 9.97 Å². The molecular formula is C23H18F3N5O2. The predicted molar refractivity (Wildman–Crippen MR) is 117 cm³/mol. The maximum atomic E-state index is 12.3. The first-order valence-electron chi connectivity index (χ1n) is 9.76. The van der Waals surface area contributed by atoms with Crippen molar-refractivity contribution >= 4 is 17.3 Å². The molecule has 0 bridgehead atoms. The molecule has 7 nitrogen and oxygen atoms in total. The monoisotopic (exact) mass is 453 g/mol. The molecule has 3 N–H and O–H groups in total. The van der Waals surface area contributed by atoms with Crippen molar-refractivity contribution < 1.29 is 23.0 Å². The Kier molecular flexibility index (Phi) is 6.36. The fourth-order valence-electron chi connectivity index (χ4n) is 3.00. The van der Waals surface area contributed by atoms with Crippen LogP contribution in [-0.2, 0) is 0 Å². The zero-order chi connectivity index (χ0) is 23.3. The number of nitrogens with zero attached hydrogens (tertiary/aromatic N) is 3. The number of aromatic nitrogens is 3. The van der Waals surface area contributed by atoms with Crippen LogP contribution in [0.3, 0.4) is 0 Å². The molecule has 2 aromatic heterocycles. The highest BCUT2D eigenvalue weighted by atomic mass is 19.4. The number of benzene rings is 2. The Hall–Kier alpha value is -4.18. The number of anilines is 3. The van der Waals surface area contributed by atoms with Crippen molar-refractivity contribution in [2.75, 3.05) is 10.6 Å². The highest BCUT2D eigenvalue weighted by molar-refractivity contribution is 5.64. The molecule has 4 aromatic rings. The topological polar surface area (TPSA) is 92.2 Å². The van der Waals surface area contributed by atoms with Crippen LogP contribution >= 0.6 is 0 Å². The second-order valence-corrected chi connectivity index (χ2v) is 6.88. The van der Waals surface area contributed by atoms with E-state index in [-0.39, 0.29) is 5.75 Å². The Morgan fingerprint density at radius 1 is 0.909 bits per heavy atom. The van der Waals surface area contributed by atoms with Gasteiger partial charge in [0.25, 0.3) is 0 Å². The first-order valence-corrected chi connectivity index (χ1v) is 9.76. The number of ether oxygens (including phenoxy) is 1. The minimum atomic E-state index is -4.77. The van der Waals surface area contributed by atoms with Crippen LogP contribution in [0, 0.1) is 0 Å². The number of pyridine rings is 1. The SMILES string of the molecule is OC(Nc1cccc(Nc2nccc(-c3cccnc3)n2)c1)c1ccc(OC(F)(F)F)cc1. The van der Waals surface area contributed by atoms with E-state index in [1.165, 1.54) is 12.1 Å². The van der Waals surface area contributed by atoms with Crippen LogP contribution in [-0.4, -0.2) is 26.4 Å². The van der Waals surface area contributed by atoms with Crippen LogP contribution in [0.5, 0.6) is 5.75 Å². The van der Waals surface area contributed by atoms with Crippen molar-refractivity contribution in [3.63, 3.8) is 0 Å². The van der Waals surface area contributed by atoms with Crippen LogP contribution in [0.2, 0.25) is 0 Å². The molecule has 2 aromatic carbocycles. The van der Waals surface area contributed by atoms with Crippen molar-refractivity contribution in [3.05, 3.63) is 90.9 Å². The van der Waals surface area contributed by atoms with E-state index in [0.29, 0.717) is 28.6 Å². The number of halogens is 3. The minimum absolute atomic E-state index is 0.363. The highest BCUT2D eigenvalue weighted by Gasteiger charge is 2.31. The van der Waals surface area contributed by atoms with Crippen molar-refractivity contribution in [3.8, 4) is 17.0 Å². The summed E-state index contributed by atoms with van der Waals surface area (Å²) < 4.78 is 40.7. The summed E-state index contributed by atoms with van der Waals surface area (Å²) in [6.07, 6.45) is -0.894. The average molecular weight is 453 g/mol. The van der Waals surface area contributed by atoms with Gasteiger partial charge in [-0.1, -0.05) is 18.2 Å². The number of hydrogen-bond acceptors (Lipinski definition) is 7. The molecule has 10 heteroatoms. The summed E-state index contributed by atoms with van der Waals surface area (Å²) in [6, 6.07) is 17.5. The van der Waals surface area contributed by atoms with E-state index in [4.69, 9.17) is 0 Å². The van der Waals surface area contributed by atoms with E-state index in [1.54, 1.807) is 48.9 Å². The summed E-state index contributed by atoms with van der Waals surface area (Å²) in [4.78, 5) is 12.8. The van der Waals surface area contributed by atoms with Crippen molar-refractivity contribution in [1.82, 2.24) is 15.0 Å². The number of nitrogens with one attached hydrogen (secondary N) is 2. The van der Waals surface area contributed by atoms with Gasteiger partial charge in [0.05, 0.1) is 5.69 Å². The van der Waals surface area contributed by atoms with Crippen LogP contribution < -0.4 is 15.4 Å². The lowest BCUT2D eigenvalue weighted by Crippen LogP contribution is -2.17. The Morgan fingerprint density at radius 2 is 1.70 bits per heavy atom. The third kappa shape index (κ3) is 6.17. The highest BCUT2D eigenvalue weighted by Crippen LogP contribution is 2.26. The van der Waals surface area contributed by atoms with Gasteiger partial charge in [-0.3, -0.25) is 4.98 Å². The molecule has 0 spiro atoms. The summed E-state index contributed by atoms with van der Waals surface area (Å²) >= 11 is 0. The number of rotatable bonds is 7. The lowest BCUT2D eigenvalue weighted by Gasteiger charge is -2.16. The van der Waals surface area contributed by atoms with E-state index < -0.39 is 12.6 Å². The molecule has 0 radical (unpaired) electrons. The molecular weight excluding hydrogens is 435 g/mol. The largest absolute Gasteiger partial charge is 0.573 e. The van der Waals surface area contributed by atoms with Crippen molar-refractivity contribution in [2.45, 2.75) is 12.6 Å². The van der Waals surface area contributed by atoms with Gasteiger partial charge in [0.2, 0.25) is 5.95 Å². The second kappa shape index (κ2) is 9.53. The van der Waals surface area contributed by atoms with Gasteiger partial charge in [-0.2, -0.15) is 0 Å². The molecule has 2 heterocycles. The fraction of sp³-hybridized carbons (Fsp3) is 0.0870. The van der Waals surface area contributed by atoms with Gasteiger partial charge in [0.1, 0.15) is 5.75 Å². The maximum absolute atomic E-state index is 12.3. The average Bonchev–Trinajstić information content (AvgIpc) is 2.79. The third-order valence-corrected chi connectivity index (χ3v) is 4.46. The molecule has 0 aliphatic heterocycles. The van der Waals surface area contributed by atoms with Gasteiger partial charge in [0.15, 0.2) is 6.23 Å². The maximum Gasteiger partial charge on any atom is 0.573 e. The van der Waals surface area contributed by atoms with E-state index in [2.05, 4.69) is 30.3 Å². The summed E-state index contributed by atoms with van der Waals surface area (Å²) in [7, 11) is 0. The molecule has 0 fully saturated rings. The van der Waals surface area contributed by atoms with E-state index in [0.717, 1.165) is 17.7 Å². The Bertz CT molecular complexity index is 1200. The summed E-state index contributed by atoms with van der Waals surface area (Å²) in [6.45, 7) is 0. The first-order chi connectivity index (χ1) is 15.9. The lowest BCUT2D eigenvalue weighted by atomic mass is 10.2. The quantitative estimate of drug-likeness (QED) is 0.328. The first kappa shape index (κ1) is 22.0. The number of alkyl halides is 3. The molecule has 0 aliphatic rings. The van der Waals surface area contributed by atoms with Crippen molar-refractivity contribution in [2.24, 2.45) is 0 Å². The molecule has 4 rings (SSSR count). The number of aliphatic hydroxyl groups excluding tert-OH is 1. The van der Waals surface area contributed by atoms with E-state index in [9.17, 15) is 18.3 Å². The Balaban J connectivity index is 1.43. The lowest BCUT2D eigenvalue weighted by molar-refractivity contribution is -0.274.